The van der Waals surface area contributed by atoms with Crippen LogP contribution in [0.1, 0.15) is 37.3 Å². The Balaban J connectivity index is 1.54. The van der Waals surface area contributed by atoms with E-state index in [4.69, 9.17) is 4.74 Å². The van der Waals surface area contributed by atoms with Crippen LogP contribution in [0.15, 0.2) is 24.3 Å². The lowest BCUT2D eigenvalue weighted by molar-refractivity contribution is 0.0213. The Hall–Kier alpha value is -1.10. The fraction of sp³-hybridized carbons (Fsp3) is 0.700. The number of nitrogens with zero attached hydrogens (tertiary/aromatic N) is 2. The number of rotatable bonds is 4. The van der Waals surface area contributed by atoms with E-state index in [9.17, 15) is 0 Å². The average molecular weight is 329 g/mol. The molecule has 0 amide bonds. The van der Waals surface area contributed by atoms with Gasteiger partial charge in [0, 0.05) is 64.2 Å². The van der Waals surface area contributed by atoms with Gasteiger partial charge in [0.25, 0.3) is 0 Å². The van der Waals surface area contributed by atoms with Gasteiger partial charge in [-0.25, -0.2) is 0 Å². The summed E-state index contributed by atoms with van der Waals surface area (Å²) < 4.78 is 5.62. The number of anilines is 1. The highest BCUT2D eigenvalue weighted by molar-refractivity contribution is 5.48. The fourth-order valence-corrected chi connectivity index (χ4v) is 4.63. The molecule has 1 N–H and O–H groups in total. The molecule has 3 aliphatic heterocycles. The van der Waals surface area contributed by atoms with Gasteiger partial charge in [0.2, 0.25) is 0 Å². The summed E-state index contributed by atoms with van der Waals surface area (Å²) in [4.78, 5) is 5.23. The fourth-order valence-electron chi connectivity index (χ4n) is 4.63. The number of benzene rings is 1. The van der Waals surface area contributed by atoms with Crippen molar-refractivity contribution in [3.8, 4) is 0 Å². The topological polar surface area (TPSA) is 27.7 Å². The van der Waals surface area contributed by atoms with Gasteiger partial charge >= 0.3 is 0 Å². The van der Waals surface area contributed by atoms with Crippen LogP contribution < -0.4 is 10.2 Å². The van der Waals surface area contributed by atoms with Gasteiger partial charge in [-0.3, -0.25) is 4.90 Å². The van der Waals surface area contributed by atoms with E-state index < -0.39 is 0 Å². The Bertz CT molecular complexity index is 482. The van der Waals surface area contributed by atoms with Crippen LogP contribution in [0.25, 0.3) is 0 Å². The molecule has 3 heterocycles. The zero-order valence-corrected chi connectivity index (χ0v) is 14.8. The number of ether oxygens (including phenoxy) is 1. The van der Waals surface area contributed by atoms with Crippen molar-refractivity contribution in [2.75, 3.05) is 57.4 Å². The van der Waals surface area contributed by atoms with Crippen LogP contribution in [0.2, 0.25) is 0 Å². The Kier molecular flexibility index (Phi) is 5.36. The van der Waals surface area contributed by atoms with Crippen LogP contribution in [0.5, 0.6) is 0 Å². The molecule has 0 aliphatic carbocycles. The molecule has 1 aromatic carbocycles. The molecule has 3 fully saturated rings. The molecule has 0 saturated carbocycles. The minimum atomic E-state index is 0.559. The summed E-state index contributed by atoms with van der Waals surface area (Å²) in [6.07, 6.45) is 5.07. The second-order valence-corrected chi connectivity index (χ2v) is 7.47. The van der Waals surface area contributed by atoms with Gasteiger partial charge in [-0.15, -0.1) is 0 Å². The number of piperazine rings is 1. The zero-order valence-electron chi connectivity index (χ0n) is 14.8. The first-order valence-corrected chi connectivity index (χ1v) is 9.79. The maximum absolute atomic E-state index is 5.62. The van der Waals surface area contributed by atoms with Crippen molar-refractivity contribution in [1.29, 1.82) is 0 Å². The summed E-state index contributed by atoms with van der Waals surface area (Å²) in [7, 11) is 0. The summed E-state index contributed by atoms with van der Waals surface area (Å²) in [6.45, 7) is 8.86. The highest BCUT2D eigenvalue weighted by Gasteiger charge is 2.31. The Morgan fingerprint density at radius 2 is 1.58 bits per heavy atom. The highest BCUT2D eigenvalue weighted by Crippen LogP contribution is 2.36. The molecule has 3 aliphatic rings. The van der Waals surface area contributed by atoms with Crippen LogP contribution in [-0.4, -0.2) is 57.4 Å². The smallest absolute Gasteiger partial charge is 0.0469 e. The minimum absolute atomic E-state index is 0.559. The molecule has 0 radical (unpaired) electrons. The van der Waals surface area contributed by atoms with E-state index in [0.29, 0.717) is 6.04 Å². The third-order valence-electron chi connectivity index (χ3n) is 5.96. The van der Waals surface area contributed by atoms with Gasteiger partial charge in [0.05, 0.1) is 0 Å². The second-order valence-electron chi connectivity index (χ2n) is 7.47. The zero-order chi connectivity index (χ0) is 16.2. The van der Waals surface area contributed by atoms with E-state index in [1.807, 2.05) is 0 Å². The first kappa shape index (κ1) is 16.4. The van der Waals surface area contributed by atoms with Crippen LogP contribution in [0.3, 0.4) is 0 Å². The first-order valence-electron chi connectivity index (χ1n) is 9.79. The number of hydrogen-bond acceptors (Lipinski definition) is 4. The lowest BCUT2D eigenvalue weighted by Gasteiger charge is -2.41. The van der Waals surface area contributed by atoms with Gasteiger partial charge < -0.3 is 15.0 Å². The van der Waals surface area contributed by atoms with Crippen LogP contribution in [0.4, 0.5) is 5.69 Å². The molecular formula is C20H31N3O. The highest BCUT2D eigenvalue weighted by atomic mass is 16.5. The van der Waals surface area contributed by atoms with Crippen molar-refractivity contribution in [2.24, 2.45) is 5.92 Å². The predicted octanol–water partition coefficient (Wildman–Crippen LogP) is 2.66. The normalized spacial score (nSPS) is 25.1. The van der Waals surface area contributed by atoms with Gasteiger partial charge in [0.1, 0.15) is 0 Å². The molecule has 0 aromatic heterocycles. The number of nitrogens with one attached hydrogen (secondary N) is 1. The lowest BCUT2D eigenvalue weighted by atomic mass is 9.85. The Morgan fingerprint density at radius 3 is 2.25 bits per heavy atom. The minimum Gasteiger partial charge on any atom is -0.381 e. The molecule has 0 unspecified atom stereocenters. The van der Waals surface area contributed by atoms with E-state index in [0.717, 1.165) is 45.3 Å². The molecule has 24 heavy (non-hydrogen) atoms. The van der Waals surface area contributed by atoms with Crippen LogP contribution >= 0.6 is 0 Å². The molecule has 132 valence electrons. The third-order valence-corrected chi connectivity index (χ3v) is 5.96. The molecule has 4 heteroatoms. The van der Waals surface area contributed by atoms with Crippen molar-refractivity contribution in [2.45, 2.75) is 31.7 Å². The van der Waals surface area contributed by atoms with E-state index in [1.54, 1.807) is 0 Å². The summed E-state index contributed by atoms with van der Waals surface area (Å²) in [5.74, 6) is 0.731. The summed E-state index contributed by atoms with van der Waals surface area (Å²) >= 11 is 0. The first-order chi connectivity index (χ1) is 11.9. The number of hydrogen-bond donors (Lipinski definition) is 1. The van der Waals surface area contributed by atoms with Crippen molar-refractivity contribution in [3.05, 3.63) is 29.8 Å². The summed E-state index contributed by atoms with van der Waals surface area (Å²) in [6, 6.07) is 10.1. The second kappa shape index (κ2) is 7.85. The molecular weight excluding hydrogens is 298 g/mol. The van der Waals surface area contributed by atoms with Crippen LogP contribution in [0, 0.1) is 5.92 Å². The summed E-state index contributed by atoms with van der Waals surface area (Å²) in [5, 5.41) is 3.50. The molecule has 3 saturated heterocycles. The average Bonchev–Trinajstić information content (AvgIpc) is 3.19. The summed E-state index contributed by atoms with van der Waals surface area (Å²) in [5.41, 5.74) is 2.91. The molecule has 4 rings (SSSR count). The van der Waals surface area contributed by atoms with Crippen molar-refractivity contribution >= 4 is 5.69 Å². The van der Waals surface area contributed by atoms with E-state index in [2.05, 4.69) is 39.4 Å². The maximum atomic E-state index is 5.62. The van der Waals surface area contributed by atoms with Gasteiger partial charge in [-0.2, -0.15) is 0 Å². The molecule has 4 nitrogen and oxygen atoms in total. The third kappa shape index (κ3) is 3.61. The SMILES string of the molecule is c1cc(N2CCCC2)ccc1[C@H](C1CCOCC1)N1CCNCC1. The largest absolute Gasteiger partial charge is 0.381 e. The van der Waals surface area contributed by atoms with Gasteiger partial charge in [0.15, 0.2) is 0 Å². The monoisotopic (exact) mass is 329 g/mol. The van der Waals surface area contributed by atoms with Crippen molar-refractivity contribution in [1.82, 2.24) is 10.2 Å². The maximum Gasteiger partial charge on any atom is 0.0469 e. The van der Waals surface area contributed by atoms with Crippen molar-refractivity contribution in [3.63, 3.8) is 0 Å². The van der Waals surface area contributed by atoms with Gasteiger partial charge in [-0.05, 0) is 49.3 Å². The lowest BCUT2D eigenvalue weighted by Crippen LogP contribution is -2.47. The Labute approximate surface area is 146 Å². The standard InChI is InChI=1S/C20H31N3O/c1-2-12-22(11-1)19-5-3-17(4-6-19)20(18-7-15-24-16-8-18)23-13-9-21-10-14-23/h3-6,18,20-21H,1-2,7-16H2/t20-/m1/s1. The predicted molar refractivity (Wildman–Crippen MR) is 98.6 cm³/mol. The van der Waals surface area contributed by atoms with Gasteiger partial charge in [-0.1, -0.05) is 12.1 Å². The van der Waals surface area contributed by atoms with Crippen molar-refractivity contribution < 1.29 is 4.74 Å². The van der Waals surface area contributed by atoms with E-state index >= 15 is 0 Å². The molecule has 0 spiro atoms. The van der Waals surface area contributed by atoms with E-state index in [1.165, 1.54) is 50.0 Å². The molecule has 1 aromatic rings. The quantitative estimate of drug-likeness (QED) is 0.919. The van der Waals surface area contributed by atoms with Crippen LogP contribution in [-0.2, 0) is 4.74 Å². The molecule has 1 atom stereocenters. The van der Waals surface area contributed by atoms with E-state index in [-0.39, 0.29) is 0 Å². The Morgan fingerprint density at radius 1 is 0.917 bits per heavy atom. The molecule has 0 bridgehead atoms.